The summed E-state index contributed by atoms with van der Waals surface area (Å²) in [6, 6.07) is 9.33. The van der Waals surface area contributed by atoms with Gasteiger partial charge in [0.1, 0.15) is 5.60 Å². The SMILES string of the molecule is CC(C)(C)OC(=O)NC1CCN(C(=O)O)CC1OCc1ccccc1. The highest BCUT2D eigenvalue weighted by Gasteiger charge is 2.34. The van der Waals surface area contributed by atoms with Gasteiger partial charge in [-0.2, -0.15) is 0 Å². The van der Waals surface area contributed by atoms with Crippen molar-refractivity contribution in [2.75, 3.05) is 13.1 Å². The topological polar surface area (TPSA) is 88.1 Å². The van der Waals surface area contributed by atoms with Crippen LogP contribution in [0.1, 0.15) is 32.8 Å². The molecule has 1 fully saturated rings. The van der Waals surface area contributed by atoms with Crippen LogP contribution in [0.3, 0.4) is 0 Å². The van der Waals surface area contributed by atoms with E-state index in [0.29, 0.717) is 19.6 Å². The van der Waals surface area contributed by atoms with Crippen LogP contribution in [-0.2, 0) is 16.1 Å². The number of hydrogen-bond donors (Lipinski definition) is 2. The standard InChI is InChI=1S/C18H26N2O5/c1-18(2,3)25-16(21)19-14-9-10-20(17(22)23)11-15(14)24-12-13-7-5-4-6-8-13/h4-8,14-15H,9-12H2,1-3H3,(H,19,21)(H,22,23). The summed E-state index contributed by atoms with van der Waals surface area (Å²) in [5.74, 6) is 0. The molecule has 2 unspecified atom stereocenters. The van der Waals surface area contributed by atoms with Crippen LogP contribution >= 0.6 is 0 Å². The molecule has 7 nitrogen and oxygen atoms in total. The van der Waals surface area contributed by atoms with Crippen molar-refractivity contribution >= 4 is 12.2 Å². The number of piperidine rings is 1. The second-order valence-corrected chi connectivity index (χ2v) is 7.11. The Labute approximate surface area is 147 Å². The van der Waals surface area contributed by atoms with E-state index in [0.717, 1.165) is 5.56 Å². The number of nitrogens with one attached hydrogen (secondary N) is 1. The minimum atomic E-state index is -0.982. The lowest BCUT2D eigenvalue weighted by atomic mass is 10.0. The van der Waals surface area contributed by atoms with Crippen LogP contribution in [0.5, 0.6) is 0 Å². The molecule has 0 saturated carbocycles. The van der Waals surface area contributed by atoms with Gasteiger partial charge in [0.15, 0.2) is 0 Å². The summed E-state index contributed by atoms with van der Waals surface area (Å²) in [6.45, 7) is 6.30. The first-order chi connectivity index (χ1) is 11.7. The molecule has 0 spiro atoms. The van der Waals surface area contributed by atoms with E-state index in [9.17, 15) is 14.7 Å². The van der Waals surface area contributed by atoms with Gasteiger partial charge in [0.05, 0.1) is 25.3 Å². The Kier molecular flexibility index (Phi) is 6.25. The highest BCUT2D eigenvalue weighted by Crippen LogP contribution is 2.17. The Balaban J connectivity index is 1.99. The highest BCUT2D eigenvalue weighted by molar-refractivity contribution is 5.68. The molecule has 2 amide bonds. The maximum atomic E-state index is 12.0. The number of rotatable bonds is 4. The zero-order chi connectivity index (χ0) is 18.4. The number of ether oxygens (including phenoxy) is 2. The van der Waals surface area contributed by atoms with Crippen molar-refractivity contribution < 1.29 is 24.2 Å². The number of carboxylic acid groups (broad SMARTS) is 1. The van der Waals surface area contributed by atoms with E-state index in [1.807, 2.05) is 30.3 Å². The van der Waals surface area contributed by atoms with E-state index in [1.54, 1.807) is 20.8 Å². The number of likely N-dealkylation sites (tertiary alicyclic amines) is 1. The van der Waals surface area contributed by atoms with Gasteiger partial charge >= 0.3 is 12.2 Å². The van der Waals surface area contributed by atoms with Crippen LogP contribution in [0, 0.1) is 0 Å². The average Bonchev–Trinajstić information content (AvgIpc) is 2.53. The first kappa shape index (κ1) is 19.1. The third-order valence-electron chi connectivity index (χ3n) is 3.84. The fraction of sp³-hybridized carbons (Fsp3) is 0.556. The molecule has 0 radical (unpaired) electrons. The van der Waals surface area contributed by atoms with Crippen LogP contribution in [0.25, 0.3) is 0 Å². The van der Waals surface area contributed by atoms with Crippen LogP contribution in [0.2, 0.25) is 0 Å². The van der Waals surface area contributed by atoms with Crippen molar-refractivity contribution in [3.05, 3.63) is 35.9 Å². The second-order valence-electron chi connectivity index (χ2n) is 7.11. The molecule has 7 heteroatoms. The van der Waals surface area contributed by atoms with E-state index in [2.05, 4.69) is 5.32 Å². The Morgan fingerprint density at radius 2 is 1.96 bits per heavy atom. The quantitative estimate of drug-likeness (QED) is 0.872. The Bertz CT molecular complexity index is 585. The van der Waals surface area contributed by atoms with Crippen LogP contribution in [-0.4, -0.2) is 53.0 Å². The Morgan fingerprint density at radius 1 is 1.28 bits per heavy atom. The van der Waals surface area contributed by atoms with E-state index in [-0.39, 0.29) is 12.6 Å². The monoisotopic (exact) mass is 350 g/mol. The number of amides is 2. The fourth-order valence-corrected chi connectivity index (χ4v) is 2.66. The molecule has 0 aliphatic carbocycles. The summed E-state index contributed by atoms with van der Waals surface area (Å²) in [5, 5.41) is 12.0. The van der Waals surface area contributed by atoms with Crippen molar-refractivity contribution in [2.45, 2.75) is 51.5 Å². The molecule has 25 heavy (non-hydrogen) atoms. The molecule has 1 aliphatic heterocycles. The number of hydrogen-bond acceptors (Lipinski definition) is 4. The molecule has 1 aliphatic rings. The minimum Gasteiger partial charge on any atom is -0.465 e. The lowest BCUT2D eigenvalue weighted by molar-refractivity contribution is -0.0295. The van der Waals surface area contributed by atoms with Crippen LogP contribution in [0.4, 0.5) is 9.59 Å². The molecule has 2 N–H and O–H groups in total. The highest BCUT2D eigenvalue weighted by atomic mass is 16.6. The Morgan fingerprint density at radius 3 is 2.56 bits per heavy atom. The molecule has 1 saturated heterocycles. The maximum Gasteiger partial charge on any atom is 0.407 e. The summed E-state index contributed by atoms with van der Waals surface area (Å²) >= 11 is 0. The third kappa shape index (κ3) is 6.26. The molecule has 1 aromatic carbocycles. The van der Waals surface area contributed by atoms with E-state index >= 15 is 0 Å². The number of alkyl carbamates (subject to hydrolysis) is 1. The Hall–Kier alpha value is -2.28. The van der Waals surface area contributed by atoms with Crippen molar-refractivity contribution in [3.63, 3.8) is 0 Å². The predicted molar refractivity (Wildman–Crippen MR) is 92.4 cm³/mol. The number of nitrogens with zero attached hydrogens (tertiary/aromatic N) is 1. The molecule has 1 aromatic rings. The van der Waals surface area contributed by atoms with E-state index in [1.165, 1.54) is 4.90 Å². The van der Waals surface area contributed by atoms with Gasteiger partial charge in [-0.1, -0.05) is 30.3 Å². The molecule has 2 rings (SSSR count). The van der Waals surface area contributed by atoms with Gasteiger partial charge in [-0.25, -0.2) is 9.59 Å². The summed E-state index contributed by atoms with van der Waals surface area (Å²) in [4.78, 5) is 24.6. The zero-order valence-electron chi connectivity index (χ0n) is 14.9. The van der Waals surface area contributed by atoms with E-state index < -0.39 is 23.9 Å². The maximum absolute atomic E-state index is 12.0. The molecule has 0 bridgehead atoms. The average molecular weight is 350 g/mol. The molecule has 0 aromatic heterocycles. The second kappa shape index (κ2) is 8.20. The third-order valence-corrected chi connectivity index (χ3v) is 3.84. The number of carbonyl (C=O) groups excluding carboxylic acids is 1. The summed E-state index contributed by atoms with van der Waals surface area (Å²) in [5.41, 5.74) is 0.401. The summed E-state index contributed by atoms with van der Waals surface area (Å²) < 4.78 is 11.2. The van der Waals surface area contributed by atoms with Gasteiger partial charge in [-0.3, -0.25) is 0 Å². The van der Waals surface area contributed by atoms with Crippen LogP contribution < -0.4 is 5.32 Å². The lowest BCUT2D eigenvalue weighted by Gasteiger charge is -2.37. The minimum absolute atomic E-state index is 0.211. The summed E-state index contributed by atoms with van der Waals surface area (Å²) in [7, 11) is 0. The largest absolute Gasteiger partial charge is 0.465 e. The number of benzene rings is 1. The normalized spacial score (nSPS) is 20.8. The van der Waals surface area contributed by atoms with Gasteiger partial charge in [-0.05, 0) is 32.8 Å². The van der Waals surface area contributed by atoms with Crippen molar-refractivity contribution in [1.29, 1.82) is 0 Å². The van der Waals surface area contributed by atoms with Crippen molar-refractivity contribution in [3.8, 4) is 0 Å². The molecule has 2 atom stereocenters. The predicted octanol–water partition coefficient (Wildman–Crippen LogP) is 2.85. The molecule has 1 heterocycles. The van der Waals surface area contributed by atoms with E-state index in [4.69, 9.17) is 9.47 Å². The zero-order valence-corrected chi connectivity index (χ0v) is 14.9. The van der Waals surface area contributed by atoms with Gasteiger partial charge in [0.25, 0.3) is 0 Å². The van der Waals surface area contributed by atoms with Crippen LogP contribution in [0.15, 0.2) is 30.3 Å². The summed E-state index contributed by atoms with van der Waals surface area (Å²) in [6.07, 6.45) is -1.46. The molecular weight excluding hydrogens is 324 g/mol. The first-order valence-corrected chi connectivity index (χ1v) is 8.37. The fourth-order valence-electron chi connectivity index (χ4n) is 2.66. The number of carbonyl (C=O) groups is 2. The molecule has 138 valence electrons. The lowest BCUT2D eigenvalue weighted by Crippen LogP contribution is -2.56. The van der Waals surface area contributed by atoms with Gasteiger partial charge in [0, 0.05) is 6.54 Å². The van der Waals surface area contributed by atoms with Gasteiger partial charge < -0.3 is 24.8 Å². The van der Waals surface area contributed by atoms with Crippen molar-refractivity contribution in [1.82, 2.24) is 10.2 Å². The van der Waals surface area contributed by atoms with Gasteiger partial charge in [-0.15, -0.1) is 0 Å². The molecular formula is C18H26N2O5. The first-order valence-electron chi connectivity index (χ1n) is 8.37. The van der Waals surface area contributed by atoms with Crippen molar-refractivity contribution in [2.24, 2.45) is 0 Å². The smallest absolute Gasteiger partial charge is 0.407 e. The van der Waals surface area contributed by atoms with Gasteiger partial charge in [0.2, 0.25) is 0 Å².